The van der Waals surface area contributed by atoms with Gasteiger partial charge in [-0.1, -0.05) is 19.4 Å². The minimum Gasteiger partial charge on any atom is -0.376 e. The summed E-state index contributed by atoms with van der Waals surface area (Å²) in [6.45, 7) is 2.91. The third-order valence-corrected chi connectivity index (χ3v) is 4.01. The van der Waals surface area contributed by atoms with Gasteiger partial charge in [0, 0.05) is 4.88 Å². The van der Waals surface area contributed by atoms with Gasteiger partial charge in [0.2, 0.25) is 10.0 Å². The van der Waals surface area contributed by atoms with Crippen LogP contribution in [0.5, 0.6) is 0 Å². The van der Waals surface area contributed by atoms with Gasteiger partial charge < -0.3 is 4.74 Å². The Balaban J connectivity index is 2.29. The first-order valence-corrected chi connectivity index (χ1v) is 7.71. The lowest BCUT2D eigenvalue weighted by molar-refractivity contribution is 0.0936. The van der Waals surface area contributed by atoms with Gasteiger partial charge in [0.1, 0.15) is 0 Å². The number of sulfonamides is 1. The van der Waals surface area contributed by atoms with Crippen molar-refractivity contribution in [2.75, 3.05) is 12.4 Å². The van der Waals surface area contributed by atoms with Gasteiger partial charge in [-0.3, -0.25) is 0 Å². The van der Waals surface area contributed by atoms with Crippen molar-refractivity contribution < 1.29 is 13.2 Å². The van der Waals surface area contributed by atoms with E-state index in [9.17, 15) is 8.42 Å². The second kappa shape index (κ2) is 6.34. The fraction of sp³-hybridized carbons (Fsp3) is 0.600. The predicted octanol–water partition coefficient (Wildman–Crippen LogP) is 1.58. The summed E-state index contributed by atoms with van der Waals surface area (Å²) in [5, 5.41) is 6.98. The quantitative estimate of drug-likeness (QED) is 0.812. The molecule has 1 aromatic heterocycles. The maximum absolute atomic E-state index is 10.9. The van der Waals surface area contributed by atoms with Crippen molar-refractivity contribution in [3.63, 3.8) is 0 Å². The van der Waals surface area contributed by atoms with Crippen LogP contribution in [-0.2, 0) is 21.4 Å². The van der Waals surface area contributed by atoms with Crippen LogP contribution in [0.15, 0.2) is 17.5 Å². The summed E-state index contributed by atoms with van der Waals surface area (Å²) in [6.07, 6.45) is 0.751. The zero-order valence-electron chi connectivity index (χ0n) is 9.26. The molecule has 1 atom stereocenters. The van der Waals surface area contributed by atoms with E-state index in [-0.39, 0.29) is 11.7 Å². The molecule has 2 N–H and O–H groups in total. The molecule has 0 aromatic carbocycles. The zero-order chi connectivity index (χ0) is 12.0. The molecule has 6 heteroatoms. The van der Waals surface area contributed by atoms with Crippen molar-refractivity contribution in [1.29, 1.82) is 0 Å². The topological polar surface area (TPSA) is 69.4 Å². The van der Waals surface area contributed by atoms with Gasteiger partial charge >= 0.3 is 0 Å². The van der Waals surface area contributed by atoms with Crippen LogP contribution in [-0.4, -0.2) is 20.8 Å². The third-order valence-electron chi connectivity index (χ3n) is 2.22. The van der Waals surface area contributed by atoms with Crippen molar-refractivity contribution >= 4 is 21.4 Å². The van der Waals surface area contributed by atoms with Crippen molar-refractivity contribution in [1.82, 2.24) is 0 Å². The standard InChI is InChI=1S/C10H17NO3S2/c1-2-9(8-16(11,12)13)6-14-7-10-4-3-5-15-10/h3-5,9H,2,6-8H2,1H3,(H2,11,12,13). The Morgan fingerprint density at radius 2 is 2.31 bits per heavy atom. The normalized spacial score (nSPS) is 13.9. The Kier molecular flexibility index (Phi) is 5.40. The molecule has 0 spiro atoms. The lowest BCUT2D eigenvalue weighted by Gasteiger charge is -2.13. The Bertz CT molecular complexity index is 386. The second-order valence-corrected chi connectivity index (χ2v) is 6.39. The Morgan fingerprint density at radius 1 is 1.56 bits per heavy atom. The summed E-state index contributed by atoms with van der Waals surface area (Å²) in [5.74, 6) is -0.0246. The van der Waals surface area contributed by atoms with E-state index in [2.05, 4.69) is 0 Å². The number of thiophene rings is 1. The smallest absolute Gasteiger partial charge is 0.209 e. The van der Waals surface area contributed by atoms with Crippen molar-refractivity contribution in [3.05, 3.63) is 22.4 Å². The number of rotatable bonds is 7. The number of primary sulfonamides is 1. The third kappa shape index (κ3) is 5.60. The van der Waals surface area contributed by atoms with Gasteiger partial charge in [0.15, 0.2) is 0 Å². The predicted molar refractivity (Wildman–Crippen MR) is 65.7 cm³/mol. The van der Waals surface area contributed by atoms with Crippen LogP contribution in [0.2, 0.25) is 0 Å². The van der Waals surface area contributed by atoms with Gasteiger partial charge in [0.25, 0.3) is 0 Å². The number of hydrogen-bond donors (Lipinski definition) is 1. The van der Waals surface area contributed by atoms with E-state index in [4.69, 9.17) is 9.88 Å². The molecule has 0 fully saturated rings. The van der Waals surface area contributed by atoms with Gasteiger partial charge in [-0.05, 0) is 17.4 Å². The molecule has 0 aliphatic rings. The van der Waals surface area contributed by atoms with Crippen LogP contribution in [0.4, 0.5) is 0 Å². The highest BCUT2D eigenvalue weighted by molar-refractivity contribution is 7.89. The molecule has 1 heterocycles. The molecule has 0 radical (unpaired) electrons. The van der Waals surface area contributed by atoms with Crippen molar-refractivity contribution in [3.8, 4) is 0 Å². The van der Waals surface area contributed by atoms with Crippen LogP contribution in [0, 0.1) is 5.92 Å². The van der Waals surface area contributed by atoms with Crippen LogP contribution in [0.3, 0.4) is 0 Å². The Hall–Kier alpha value is -0.430. The van der Waals surface area contributed by atoms with Gasteiger partial charge in [-0.15, -0.1) is 11.3 Å². The fourth-order valence-electron chi connectivity index (χ4n) is 1.33. The molecule has 4 nitrogen and oxygen atoms in total. The van der Waals surface area contributed by atoms with Crippen molar-refractivity contribution in [2.24, 2.45) is 11.1 Å². The molecular weight excluding hydrogens is 246 g/mol. The van der Waals surface area contributed by atoms with E-state index in [1.165, 1.54) is 0 Å². The molecule has 0 bridgehead atoms. The number of ether oxygens (including phenoxy) is 1. The van der Waals surface area contributed by atoms with Gasteiger partial charge in [-0.2, -0.15) is 0 Å². The highest BCUT2D eigenvalue weighted by Crippen LogP contribution is 2.12. The van der Waals surface area contributed by atoms with Gasteiger partial charge in [0.05, 0.1) is 19.0 Å². The molecule has 1 aromatic rings. The molecule has 0 amide bonds. The maximum atomic E-state index is 10.9. The van der Waals surface area contributed by atoms with E-state index in [1.807, 2.05) is 24.4 Å². The Morgan fingerprint density at radius 3 is 2.81 bits per heavy atom. The molecular formula is C10H17NO3S2. The van der Waals surface area contributed by atoms with Crippen LogP contribution < -0.4 is 5.14 Å². The summed E-state index contributed by atoms with van der Waals surface area (Å²) in [7, 11) is -3.40. The van der Waals surface area contributed by atoms with E-state index in [0.29, 0.717) is 13.2 Å². The summed E-state index contributed by atoms with van der Waals surface area (Å²) < 4.78 is 27.3. The summed E-state index contributed by atoms with van der Waals surface area (Å²) in [6, 6.07) is 3.95. The van der Waals surface area contributed by atoms with Crippen LogP contribution in [0.1, 0.15) is 18.2 Å². The molecule has 0 aliphatic heterocycles. The molecule has 0 saturated carbocycles. The number of nitrogens with two attached hydrogens (primary N) is 1. The maximum Gasteiger partial charge on any atom is 0.209 e. The lowest BCUT2D eigenvalue weighted by atomic mass is 10.1. The molecule has 0 aliphatic carbocycles. The van der Waals surface area contributed by atoms with E-state index in [0.717, 1.165) is 11.3 Å². The fourth-order valence-corrected chi connectivity index (χ4v) is 2.96. The van der Waals surface area contributed by atoms with E-state index < -0.39 is 10.0 Å². The minimum absolute atomic E-state index is 0.00601. The summed E-state index contributed by atoms with van der Waals surface area (Å²) in [5.41, 5.74) is 0. The average molecular weight is 263 g/mol. The second-order valence-electron chi connectivity index (χ2n) is 3.70. The van der Waals surface area contributed by atoms with E-state index in [1.54, 1.807) is 11.3 Å². The largest absolute Gasteiger partial charge is 0.376 e. The highest BCUT2D eigenvalue weighted by atomic mass is 32.2. The minimum atomic E-state index is -3.40. The van der Waals surface area contributed by atoms with Crippen LogP contribution in [0.25, 0.3) is 0 Å². The number of hydrogen-bond acceptors (Lipinski definition) is 4. The first-order chi connectivity index (χ1) is 7.51. The summed E-state index contributed by atoms with van der Waals surface area (Å²) >= 11 is 1.63. The zero-order valence-corrected chi connectivity index (χ0v) is 10.9. The van der Waals surface area contributed by atoms with Gasteiger partial charge in [-0.25, -0.2) is 13.6 Å². The monoisotopic (exact) mass is 263 g/mol. The first-order valence-electron chi connectivity index (χ1n) is 5.12. The molecule has 92 valence electrons. The Labute approximate surface area is 100 Å². The van der Waals surface area contributed by atoms with E-state index >= 15 is 0 Å². The SMILES string of the molecule is CCC(COCc1cccs1)CS(N)(=O)=O. The molecule has 0 saturated heterocycles. The lowest BCUT2D eigenvalue weighted by Crippen LogP contribution is -2.25. The highest BCUT2D eigenvalue weighted by Gasteiger charge is 2.14. The first kappa shape index (κ1) is 13.6. The molecule has 16 heavy (non-hydrogen) atoms. The molecule has 1 unspecified atom stereocenters. The molecule has 1 rings (SSSR count). The van der Waals surface area contributed by atoms with Crippen molar-refractivity contribution in [2.45, 2.75) is 20.0 Å². The van der Waals surface area contributed by atoms with Crippen LogP contribution >= 0.6 is 11.3 Å². The summed E-state index contributed by atoms with van der Waals surface area (Å²) in [4.78, 5) is 1.14. The average Bonchev–Trinajstić information content (AvgIpc) is 2.67.